The molecule has 0 spiro atoms. The maximum absolute atomic E-state index is 12.4. The van der Waals surface area contributed by atoms with Gasteiger partial charge >= 0.3 is 0 Å². The average Bonchev–Trinajstić information content (AvgIpc) is 2.50. The SMILES string of the molecule is CCc1ccc(CN(C)C(=O)c2ccc(C)c(Br)c2)cc1. The lowest BCUT2D eigenvalue weighted by molar-refractivity contribution is 0.0785. The van der Waals surface area contributed by atoms with Gasteiger partial charge < -0.3 is 4.90 Å². The second kappa shape index (κ2) is 6.90. The molecule has 0 aliphatic rings. The molecule has 0 fully saturated rings. The summed E-state index contributed by atoms with van der Waals surface area (Å²) in [5.74, 6) is 0.0373. The number of hydrogen-bond acceptors (Lipinski definition) is 1. The fourth-order valence-corrected chi connectivity index (χ4v) is 2.55. The summed E-state index contributed by atoms with van der Waals surface area (Å²) >= 11 is 3.48. The number of halogens is 1. The number of amides is 1. The first-order valence-electron chi connectivity index (χ1n) is 7.10. The van der Waals surface area contributed by atoms with E-state index in [1.54, 1.807) is 4.90 Å². The fraction of sp³-hybridized carbons (Fsp3) is 0.278. The molecule has 0 heterocycles. The smallest absolute Gasteiger partial charge is 0.253 e. The number of rotatable bonds is 4. The average molecular weight is 346 g/mol. The second-order valence-electron chi connectivity index (χ2n) is 5.30. The van der Waals surface area contributed by atoms with Gasteiger partial charge in [-0.1, -0.05) is 53.2 Å². The monoisotopic (exact) mass is 345 g/mol. The highest BCUT2D eigenvalue weighted by molar-refractivity contribution is 9.10. The van der Waals surface area contributed by atoms with Crippen LogP contribution in [0, 0.1) is 6.92 Å². The molecule has 110 valence electrons. The lowest BCUT2D eigenvalue weighted by atomic mass is 10.1. The van der Waals surface area contributed by atoms with Crippen molar-refractivity contribution in [2.75, 3.05) is 7.05 Å². The number of carbonyl (C=O) groups is 1. The molecule has 0 bridgehead atoms. The maximum atomic E-state index is 12.4. The topological polar surface area (TPSA) is 20.3 Å². The van der Waals surface area contributed by atoms with Crippen molar-refractivity contribution in [2.24, 2.45) is 0 Å². The molecule has 0 saturated heterocycles. The molecule has 0 atom stereocenters. The van der Waals surface area contributed by atoms with E-state index in [-0.39, 0.29) is 5.91 Å². The number of carbonyl (C=O) groups excluding carboxylic acids is 1. The quantitative estimate of drug-likeness (QED) is 0.793. The van der Waals surface area contributed by atoms with Crippen molar-refractivity contribution < 1.29 is 4.79 Å². The molecule has 0 N–H and O–H groups in total. The molecule has 0 radical (unpaired) electrons. The molecule has 2 aromatic rings. The van der Waals surface area contributed by atoms with Gasteiger partial charge in [-0.15, -0.1) is 0 Å². The summed E-state index contributed by atoms with van der Waals surface area (Å²) in [7, 11) is 1.84. The number of hydrogen-bond donors (Lipinski definition) is 0. The van der Waals surface area contributed by atoms with Crippen LogP contribution in [0.5, 0.6) is 0 Å². The zero-order valence-electron chi connectivity index (χ0n) is 12.7. The molecule has 0 aliphatic carbocycles. The Morgan fingerprint density at radius 3 is 2.29 bits per heavy atom. The van der Waals surface area contributed by atoms with Crippen molar-refractivity contribution in [3.63, 3.8) is 0 Å². The largest absolute Gasteiger partial charge is 0.337 e. The highest BCUT2D eigenvalue weighted by atomic mass is 79.9. The molecule has 0 aromatic heterocycles. The molecule has 1 amide bonds. The second-order valence-corrected chi connectivity index (χ2v) is 6.15. The van der Waals surface area contributed by atoms with Crippen LogP contribution < -0.4 is 0 Å². The molecule has 3 heteroatoms. The molecular formula is C18H20BrNO. The highest BCUT2D eigenvalue weighted by Gasteiger charge is 2.13. The Balaban J connectivity index is 2.09. The van der Waals surface area contributed by atoms with Gasteiger partial charge in [-0.05, 0) is 42.2 Å². The molecule has 0 aliphatic heterocycles. The zero-order valence-corrected chi connectivity index (χ0v) is 14.3. The molecule has 21 heavy (non-hydrogen) atoms. The van der Waals surface area contributed by atoms with E-state index in [9.17, 15) is 4.79 Å². The lowest BCUT2D eigenvalue weighted by Gasteiger charge is -2.18. The normalized spacial score (nSPS) is 10.5. The summed E-state index contributed by atoms with van der Waals surface area (Å²) in [5, 5.41) is 0. The van der Waals surface area contributed by atoms with E-state index >= 15 is 0 Å². The first-order valence-corrected chi connectivity index (χ1v) is 7.90. The first kappa shape index (κ1) is 15.8. The Kier molecular flexibility index (Phi) is 5.18. The summed E-state index contributed by atoms with van der Waals surface area (Å²) in [6.07, 6.45) is 1.03. The van der Waals surface area contributed by atoms with E-state index in [1.165, 1.54) is 5.56 Å². The standard InChI is InChI=1S/C18H20BrNO/c1-4-14-6-8-15(9-7-14)12-20(3)18(21)16-10-5-13(2)17(19)11-16/h5-11H,4,12H2,1-3H3. The molecular weight excluding hydrogens is 326 g/mol. The van der Waals surface area contributed by atoms with Crippen LogP contribution in [0.15, 0.2) is 46.9 Å². The Bertz CT molecular complexity index is 634. The van der Waals surface area contributed by atoms with Gasteiger partial charge in [0.05, 0.1) is 0 Å². The Morgan fingerprint density at radius 2 is 1.71 bits per heavy atom. The van der Waals surface area contributed by atoms with Gasteiger partial charge in [0.25, 0.3) is 5.91 Å². The van der Waals surface area contributed by atoms with Gasteiger partial charge in [0.15, 0.2) is 0 Å². The van der Waals surface area contributed by atoms with E-state index < -0.39 is 0 Å². The lowest BCUT2D eigenvalue weighted by Crippen LogP contribution is -2.26. The number of aryl methyl sites for hydroxylation is 2. The summed E-state index contributed by atoms with van der Waals surface area (Å²) < 4.78 is 0.967. The molecule has 0 unspecified atom stereocenters. The van der Waals surface area contributed by atoms with E-state index in [2.05, 4.69) is 47.1 Å². The number of nitrogens with zero attached hydrogens (tertiary/aromatic N) is 1. The van der Waals surface area contributed by atoms with Gasteiger partial charge in [0, 0.05) is 23.6 Å². The maximum Gasteiger partial charge on any atom is 0.253 e. The minimum absolute atomic E-state index is 0.0373. The molecule has 0 saturated carbocycles. The van der Waals surface area contributed by atoms with Gasteiger partial charge in [0.2, 0.25) is 0 Å². The van der Waals surface area contributed by atoms with Crippen molar-refractivity contribution in [2.45, 2.75) is 26.8 Å². The van der Waals surface area contributed by atoms with Crippen LogP contribution in [0.2, 0.25) is 0 Å². The zero-order chi connectivity index (χ0) is 15.4. The third kappa shape index (κ3) is 3.94. The van der Waals surface area contributed by atoms with Crippen LogP contribution in [0.4, 0.5) is 0 Å². The fourth-order valence-electron chi connectivity index (χ4n) is 2.17. The predicted octanol–water partition coefficient (Wildman–Crippen LogP) is 4.59. The van der Waals surface area contributed by atoms with Crippen LogP contribution in [-0.2, 0) is 13.0 Å². The highest BCUT2D eigenvalue weighted by Crippen LogP contribution is 2.19. The third-order valence-electron chi connectivity index (χ3n) is 3.62. The summed E-state index contributed by atoms with van der Waals surface area (Å²) in [5.41, 5.74) is 4.30. The van der Waals surface area contributed by atoms with Crippen LogP contribution in [-0.4, -0.2) is 17.9 Å². The van der Waals surface area contributed by atoms with Gasteiger partial charge in [-0.3, -0.25) is 4.79 Å². The number of benzene rings is 2. The Hall–Kier alpha value is -1.61. The minimum Gasteiger partial charge on any atom is -0.337 e. The van der Waals surface area contributed by atoms with Crippen LogP contribution >= 0.6 is 15.9 Å². The van der Waals surface area contributed by atoms with E-state index in [0.29, 0.717) is 12.1 Å². The Morgan fingerprint density at radius 1 is 1.10 bits per heavy atom. The van der Waals surface area contributed by atoms with E-state index in [4.69, 9.17) is 0 Å². The van der Waals surface area contributed by atoms with Crippen molar-refractivity contribution in [1.29, 1.82) is 0 Å². The summed E-state index contributed by atoms with van der Waals surface area (Å²) in [4.78, 5) is 14.2. The van der Waals surface area contributed by atoms with Gasteiger partial charge in [0.1, 0.15) is 0 Å². The van der Waals surface area contributed by atoms with Crippen molar-refractivity contribution >= 4 is 21.8 Å². The van der Waals surface area contributed by atoms with Crippen molar-refractivity contribution in [3.05, 3.63) is 69.2 Å². The molecule has 2 nitrogen and oxygen atoms in total. The third-order valence-corrected chi connectivity index (χ3v) is 4.47. The summed E-state index contributed by atoms with van der Waals surface area (Å²) in [6, 6.07) is 14.1. The van der Waals surface area contributed by atoms with Crippen molar-refractivity contribution in [1.82, 2.24) is 4.90 Å². The minimum atomic E-state index is 0.0373. The van der Waals surface area contributed by atoms with Crippen LogP contribution in [0.25, 0.3) is 0 Å². The predicted molar refractivity (Wildman–Crippen MR) is 90.5 cm³/mol. The van der Waals surface area contributed by atoms with Crippen LogP contribution in [0.3, 0.4) is 0 Å². The Labute approximate surface area is 134 Å². The molecule has 2 rings (SSSR count). The van der Waals surface area contributed by atoms with Crippen LogP contribution in [0.1, 0.15) is 34.0 Å². The van der Waals surface area contributed by atoms with Gasteiger partial charge in [-0.25, -0.2) is 0 Å². The molecule has 2 aromatic carbocycles. The van der Waals surface area contributed by atoms with Gasteiger partial charge in [-0.2, -0.15) is 0 Å². The van der Waals surface area contributed by atoms with E-state index in [0.717, 1.165) is 22.0 Å². The first-order chi connectivity index (χ1) is 10.0. The summed E-state index contributed by atoms with van der Waals surface area (Å²) in [6.45, 7) is 4.77. The van der Waals surface area contributed by atoms with E-state index in [1.807, 2.05) is 32.2 Å². The van der Waals surface area contributed by atoms with Crippen molar-refractivity contribution in [3.8, 4) is 0 Å².